The summed E-state index contributed by atoms with van der Waals surface area (Å²) < 4.78 is 0. The Balaban J connectivity index is 2.28. The highest BCUT2D eigenvalue weighted by atomic mass is 16.3. The smallest absolute Gasteiger partial charge is 0.178 e. The molecule has 1 nitrogen and oxygen atoms in total. The topological polar surface area (TPSA) is 19.9 Å². The molecule has 1 aromatic carbocycles. The zero-order valence-corrected chi connectivity index (χ0v) is 7.83. The average molecular weight is 175 g/mol. The first-order valence-electron chi connectivity index (χ1n) is 4.70. The van der Waals surface area contributed by atoms with Crippen LogP contribution in [0.25, 0.3) is 0 Å². The lowest BCUT2D eigenvalue weighted by Crippen LogP contribution is -1.83. The standard InChI is InChI=1S/C12H15O/c1-2-3-4-5-6-11-7-9-12(13)10-8-11/h2,7-10H,1,3-6H2. The van der Waals surface area contributed by atoms with E-state index in [1.807, 2.05) is 18.2 Å². The number of hydrogen-bond acceptors (Lipinski definition) is 0. The van der Waals surface area contributed by atoms with Gasteiger partial charge in [-0.3, -0.25) is 5.11 Å². The number of hydrogen-bond donors (Lipinski definition) is 0. The second kappa shape index (κ2) is 5.41. The van der Waals surface area contributed by atoms with E-state index in [4.69, 9.17) is 0 Å². The Labute approximate surface area is 79.7 Å². The molecule has 1 rings (SSSR count). The fraction of sp³-hybridized carbons (Fsp3) is 0.333. The van der Waals surface area contributed by atoms with Crippen LogP contribution >= 0.6 is 0 Å². The zero-order chi connectivity index (χ0) is 9.52. The van der Waals surface area contributed by atoms with Crippen molar-refractivity contribution in [3.8, 4) is 5.75 Å². The molecular weight excluding hydrogens is 160 g/mol. The molecular formula is C12H15O. The lowest BCUT2D eigenvalue weighted by atomic mass is 10.1. The molecule has 0 aliphatic rings. The molecule has 0 aliphatic heterocycles. The van der Waals surface area contributed by atoms with Gasteiger partial charge >= 0.3 is 0 Å². The molecule has 69 valence electrons. The first-order valence-corrected chi connectivity index (χ1v) is 4.70. The molecule has 0 N–H and O–H groups in total. The van der Waals surface area contributed by atoms with Crippen molar-refractivity contribution >= 4 is 0 Å². The maximum Gasteiger partial charge on any atom is 0.178 e. The Morgan fingerprint density at radius 2 is 1.85 bits per heavy atom. The molecule has 0 spiro atoms. The molecule has 1 radical (unpaired) electrons. The van der Waals surface area contributed by atoms with Gasteiger partial charge in [-0.05, 0) is 43.4 Å². The third kappa shape index (κ3) is 3.79. The van der Waals surface area contributed by atoms with Gasteiger partial charge in [0, 0.05) is 0 Å². The van der Waals surface area contributed by atoms with Crippen LogP contribution in [0.5, 0.6) is 5.75 Å². The molecule has 0 unspecified atom stereocenters. The first kappa shape index (κ1) is 9.85. The Bertz CT molecular complexity index is 248. The van der Waals surface area contributed by atoms with Gasteiger partial charge in [0.1, 0.15) is 0 Å². The lowest BCUT2D eigenvalue weighted by Gasteiger charge is -1.99. The normalized spacial score (nSPS) is 9.85. The van der Waals surface area contributed by atoms with Crippen molar-refractivity contribution in [2.24, 2.45) is 0 Å². The molecule has 0 saturated heterocycles. The second-order valence-corrected chi connectivity index (χ2v) is 3.18. The van der Waals surface area contributed by atoms with E-state index in [9.17, 15) is 5.11 Å². The minimum atomic E-state index is 0.0924. The molecule has 0 fully saturated rings. The summed E-state index contributed by atoms with van der Waals surface area (Å²) in [5.41, 5.74) is 1.25. The van der Waals surface area contributed by atoms with Crippen LogP contribution < -0.4 is 0 Å². The van der Waals surface area contributed by atoms with Crippen LogP contribution in [0, 0.1) is 0 Å². The predicted molar refractivity (Wildman–Crippen MR) is 54.3 cm³/mol. The van der Waals surface area contributed by atoms with Crippen molar-refractivity contribution in [3.05, 3.63) is 42.5 Å². The predicted octanol–water partition coefficient (Wildman–Crippen LogP) is 3.73. The summed E-state index contributed by atoms with van der Waals surface area (Å²) in [5, 5.41) is 10.8. The first-order chi connectivity index (χ1) is 6.33. The highest BCUT2D eigenvalue weighted by Gasteiger charge is 1.93. The quantitative estimate of drug-likeness (QED) is 0.480. The van der Waals surface area contributed by atoms with Crippen molar-refractivity contribution in [2.75, 3.05) is 0 Å². The Morgan fingerprint density at radius 1 is 1.15 bits per heavy atom. The van der Waals surface area contributed by atoms with E-state index in [-0.39, 0.29) is 5.75 Å². The van der Waals surface area contributed by atoms with E-state index in [0.29, 0.717) is 0 Å². The molecule has 13 heavy (non-hydrogen) atoms. The van der Waals surface area contributed by atoms with Gasteiger partial charge in [0.25, 0.3) is 0 Å². The molecule has 1 aromatic rings. The fourth-order valence-electron chi connectivity index (χ4n) is 1.27. The van der Waals surface area contributed by atoms with Crippen LogP contribution in [0.15, 0.2) is 36.9 Å². The molecule has 0 aromatic heterocycles. The SMILES string of the molecule is C=CCCCCc1ccc([O])cc1. The van der Waals surface area contributed by atoms with E-state index in [1.54, 1.807) is 12.1 Å². The second-order valence-electron chi connectivity index (χ2n) is 3.18. The minimum absolute atomic E-state index is 0.0924. The number of aryl methyl sites for hydroxylation is 1. The lowest BCUT2D eigenvalue weighted by molar-refractivity contribution is 0.355. The largest absolute Gasteiger partial charge is 0.290 e. The van der Waals surface area contributed by atoms with Crippen molar-refractivity contribution in [1.29, 1.82) is 0 Å². The van der Waals surface area contributed by atoms with Gasteiger partial charge in [0.05, 0.1) is 0 Å². The van der Waals surface area contributed by atoms with Gasteiger partial charge in [0.15, 0.2) is 5.75 Å². The van der Waals surface area contributed by atoms with Crippen LogP contribution in [0.4, 0.5) is 0 Å². The third-order valence-corrected chi connectivity index (χ3v) is 2.05. The van der Waals surface area contributed by atoms with Crippen molar-refractivity contribution < 1.29 is 5.11 Å². The Hall–Kier alpha value is -1.24. The summed E-state index contributed by atoms with van der Waals surface area (Å²) in [6, 6.07) is 7.08. The summed E-state index contributed by atoms with van der Waals surface area (Å²) >= 11 is 0. The minimum Gasteiger partial charge on any atom is -0.290 e. The number of unbranched alkanes of at least 4 members (excludes halogenated alkanes) is 2. The van der Waals surface area contributed by atoms with Gasteiger partial charge in [-0.25, -0.2) is 0 Å². The van der Waals surface area contributed by atoms with Gasteiger partial charge < -0.3 is 0 Å². The molecule has 0 bridgehead atoms. The summed E-state index contributed by atoms with van der Waals surface area (Å²) in [7, 11) is 0. The van der Waals surface area contributed by atoms with Gasteiger partial charge in [-0.15, -0.1) is 6.58 Å². The molecule has 0 saturated carbocycles. The maximum atomic E-state index is 10.8. The molecule has 0 atom stereocenters. The third-order valence-electron chi connectivity index (χ3n) is 2.05. The van der Waals surface area contributed by atoms with Crippen molar-refractivity contribution in [3.63, 3.8) is 0 Å². The van der Waals surface area contributed by atoms with E-state index in [0.717, 1.165) is 12.8 Å². The Kier molecular flexibility index (Phi) is 4.10. The summed E-state index contributed by atoms with van der Waals surface area (Å²) in [6.07, 6.45) is 6.45. The monoisotopic (exact) mass is 175 g/mol. The average Bonchev–Trinajstić information content (AvgIpc) is 2.15. The van der Waals surface area contributed by atoms with Gasteiger partial charge in [0.2, 0.25) is 0 Å². The van der Waals surface area contributed by atoms with Crippen molar-refractivity contribution in [1.82, 2.24) is 0 Å². The number of benzene rings is 1. The molecule has 0 amide bonds. The van der Waals surface area contributed by atoms with Crippen LogP contribution in [0.2, 0.25) is 0 Å². The highest BCUT2D eigenvalue weighted by Crippen LogP contribution is 2.12. The summed E-state index contributed by atoms with van der Waals surface area (Å²) in [4.78, 5) is 0. The van der Waals surface area contributed by atoms with E-state index < -0.39 is 0 Å². The van der Waals surface area contributed by atoms with Crippen molar-refractivity contribution in [2.45, 2.75) is 25.7 Å². The van der Waals surface area contributed by atoms with E-state index >= 15 is 0 Å². The molecule has 1 heteroatoms. The maximum absolute atomic E-state index is 10.8. The molecule has 0 aliphatic carbocycles. The van der Waals surface area contributed by atoms with Crippen LogP contribution in [-0.2, 0) is 11.5 Å². The van der Waals surface area contributed by atoms with Crippen LogP contribution in [0.1, 0.15) is 24.8 Å². The fourth-order valence-corrected chi connectivity index (χ4v) is 1.27. The van der Waals surface area contributed by atoms with E-state index in [1.165, 1.54) is 18.4 Å². The summed E-state index contributed by atoms with van der Waals surface area (Å²) in [6.45, 7) is 3.68. The number of allylic oxidation sites excluding steroid dienone is 1. The van der Waals surface area contributed by atoms with Crippen LogP contribution in [-0.4, -0.2) is 0 Å². The summed E-state index contributed by atoms with van der Waals surface area (Å²) in [5.74, 6) is 0.0924. The van der Waals surface area contributed by atoms with Gasteiger partial charge in [-0.2, -0.15) is 0 Å². The Morgan fingerprint density at radius 3 is 2.46 bits per heavy atom. The van der Waals surface area contributed by atoms with E-state index in [2.05, 4.69) is 6.58 Å². The van der Waals surface area contributed by atoms with Crippen LogP contribution in [0.3, 0.4) is 0 Å². The van der Waals surface area contributed by atoms with Gasteiger partial charge in [-0.1, -0.05) is 18.2 Å². The highest BCUT2D eigenvalue weighted by molar-refractivity contribution is 5.25. The zero-order valence-electron chi connectivity index (χ0n) is 7.83. The number of rotatable bonds is 5. The molecule has 0 heterocycles.